The second-order valence-corrected chi connectivity index (χ2v) is 3.97. The van der Waals surface area contributed by atoms with Gasteiger partial charge in [-0.25, -0.2) is 4.79 Å². The third-order valence-corrected chi connectivity index (χ3v) is 2.88. The summed E-state index contributed by atoms with van der Waals surface area (Å²) in [6, 6.07) is 1.88. The fraction of sp³-hybridized carbons (Fsp3) is 0.300. The lowest BCUT2D eigenvalue weighted by Gasteiger charge is -2.04. The molecule has 0 atom stereocenters. The van der Waals surface area contributed by atoms with Gasteiger partial charge in [0.25, 0.3) is 0 Å². The lowest BCUT2D eigenvalue weighted by atomic mass is 10.3. The van der Waals surface area contributed by atoms with Gasteiger partial charge in [-0.3, -0.25) is 0 Å². The van der Waals surface area contributed by atoms with E-state index in [-0.39, 0.29) is 6.29 Å². The van der Waals surface area contributed by atoms with Crippen molar-refractivity contribution in [3.05, 3.63) is 28.0 Å². The molecule has 2 heterocycles. The van der Waals surface area contributed by atoms with Gasteiger partial charge in [-0.1, -0.05) is 0 Å². The lowest BCUT2D eigenvalue weighted by molar-refractivity contribution is -0.131. The van der Waals surface area contributed by atoms with E-state index in [0.29, 0.717) is 13.2 Å². The number of hydrogen-bond donors (Lipinski definition) is 1. The number of hydrogen-bond acceptors (Lipinski definition) is 4. The Balaban J connectivity index is 2.06. The van der Waals surface area contributed by atoms with Crippen molar-refractivity contribution in [2.24, 2.45) is 0 Å². The summed E-state index contributed by atoms with van der Waals surface area (Å²) < 4.78 is 10.7. The zero-order valence-corrected chi connectivity index (χ0v) is 8.70. The molecule has 0 saturated carbocycles. The average molecular weight is 226 g/mol. The molecule has 0 aliphatic carbocycles. The van der Waals surface area contributed by atoms with Crippen LogP contribution in [-0.4, -0.2) is 24.3 Å². The number of thiophene rings is 1. The molecular formula is C10H10O4S. The highest BCUT2D eigenvalue weighted by molar-refractivity contribution is 7.10. The van der Waals surface area contributed by atoms with E-state index in [1.807, 2.05) is 11.4 Å². The second-order valence-electron chi connectivity index (χ2n) is 3.03. The van der Waals surface area contributed by atoms with Gasteiger partial charge >= 0.3 is 5.97 Å². The normalized spacial score (nSPS) is 17.6. The van der Waals surface area contributed by atoms with Crippen molar-refractivity contribution in [3.8, 4) is 0 Å². The summed E-state index contributed by atoms with van der Waals surface area (Å²) in [5.74, 6) is -0.948. The first-order valence-electron chi connectivity index (χ1n) is 4.48. The third kappa shape index (κ3) is 2.65. The van der Waals surface area contributed by atoms with Crippen LogP contribution in [0.1, 0.15) is 16.7 Å². The molecular weight excluding hydrogens is 216 g/mol. The smallest absolute Gasteiger partial charge is 0.328 e. The lowest BCUT2D eigenvalue weighted by Crippen LogP contribution is -1.93. The molecule has 0 aromatic carbocycles. The fourth-order valence-corrected chi connectivity index (χ4v) is 2.14. The molecule has 1 aliphatic heterocycles. The van der Waals surface area contributed by atoms with Crippen LogP contribution in [0.25, 0.3) is 6.08 Å². The molecule has 15 heavy (non-hydrogen) atoms. The van der Waals surface area contributed by atoms with Crippen LogP contribution in [0.5, 0.6) is 0 Å². The molecule has 1 aromatic rings. The van der Waals surface area contributed by atoms with Crippen molar-refractivity contribution in [2.75, 3.05) is 13.2 Å². The highest BCUT2D eigenvalue weighted by atomic mass is 32.1. The summed E-state index contributed by atoms with van der Waals surface area (Å²) in [4.78, 5) is 11.3. The van der Waals surface area contributed by atoms with Crippen molar-refractivity contribution in [1.82, 2.24) is 0 Å². The number of aliphatic carboxylic acids is 1. The molecule has 0 unspecified atom stereocenters. The number of carboxylic acids is 1. The van der Waals surface area contributed by atoms with E-state index in [9.17, 15) is 4.79 Å². The molecule has 1 aromatic heterocycles. The van der Waals surface area contributed by atoms with Gasteiger partial charge in [0.2, 0.25) is 0 Å². The largest absolute Gasteiger partial charge is 0.478 e. The Bertz CT molecular complexity index is 377. The standard InChI is InChI=1S/C10H10O4S/c11-9(12)2-1-7-5-8(15-6-7)10-13-3-4-14-10/h1-2,5-6,10H,3-4H2,(H,11,12). The topological polar surface area (TPSA) is 55.8 Å². The van der Waals surface area contributed by atoms with E-state index in [0.717, 1.165) is 16.5 Å². The minimum absolute atomic E-state index is 0.276. The highest BCUT2D eigenvalue weighted by Gasteiger charge is 2.19. The van der Waals surface area contributed by atoms with E-state index in [1.54, 1.807) is 6.08 Å². The summed E-state index contributed by atoms with van der Waals surface area (Å²) in [6.07, 6.45) is 2.39. The SMILES string of the molecule is O=C(O)C=Cc1csc(C2OCCO2)c1. The van der Waals surface area contributed by atoms with Crippen molar-refractivity contribution < 1.29 is 19.4 Å². The van der Waals surface area contributed by atoms with Crippen molar-refractivity contribution in [3.63, 3.8) is 0 Å². The molecule has 1 aliphatic rings. The Labute approximate surface area is 90.7 Å². The van der Waals surface area contributed by atoms with Gasteiger partial charge in [0.1, 0.15) is 0 Å². The number of carbonyl (C=O) groups is 1. The monoisotopic (exact) mass is 226 g/mol. The van der Waals surface area contributed by atoms with Crippen molar-refractivity contribution >= 4 is 23.4 Å². The third-order valence-electron chi connectivity index (χ3n) is 1.91. The van der Waals surface area contributed by atoms with Gasteiger partial charge in [-0.15, -0.1) is 11.3 Å². The minimum atomic E-state index is -0.948. The molecule has 1 N–H and O–H groups in total. The first-order valence-corrected chi connectivity index (χ1v) is 5.36. The Morgan fingerprint density at radius 2 is 2.27 bits per heavy atom. The van der Waals surface area contributed by atoms with Crippen LogP contribution in [0.2, 0.25) is 0 Å². The van der Waals surface area contributed by atoms with Gasteiger partial charge in [0, 0.05) is 6.08 Å². The van der Waals surface area contributed by atoms with Crippen molar-refractivity contribution in [1.29, 1.82) is 0 Å². The predicted molar refractivity (Wildman–Crippen MR) is 55.6 cm³/mol. The van der Waals surface area contributed by atoms with E-state index in [1.165, 1.54) is 11.3 Å². The zero-order chi connectivity index (χ0) is 10.7. The van der Waals surface area contributed by atoms with E-state index in [4.69, 9.17) is 14.6 Å². The fourth-order valence-electron chi connectivity index (χ4n) is 1.27. The number of carboxylic acid groups (broad SMARTS) is 1. The summed E-state index contributed by atoms with van der Waals surface area (Å²) in [6.45, 7) is 1.23. The molecule has 0 spiro atoms. The summed E-state index contributed by atoms with van der Waals surface area (Å²) in [5, 5.41) is 10.3. The first kappa shape index (κ1) is 10.4. The van der Waals surface area contributed by atoms with Crippen LogP contribution < -0.4 is 0 Å². The molecule has 2 rings (SSSR count). The van der Waals surface area contributed by atoms with Gasteiger partial charge < -0.3 is 14.6 Å². The molecule has 1 fully saturated rings. The van der Waals surface area contributed by atoms with E-state index >= 15 is 0 Å². The minimum Gasteiger partial charge on any atom is -0.478 e. The van der Waals surface area contributed by atoms with Gasteiger partial charge in [-0.05, 0) is 23.1 Å². The van der Waals surface area contributed by atoms with E-state index in [2.05, 4.69) is 0 Å². The van der Waals surface area contributed by atoms with Crippen LogP contribution in [0.3, 0.4) is 0 Å². The highest BCUT2D eigenvalue weighted by Crippen LogP contribution is 2.29. The average Bonchev–Trinajstić information content (AvgIpc) is 2.85. The van der Waals surface area contributed by atoms with Crippen LogP contribution in [-0.2, 0) is 14.3 Å². The molecule has 80 valence electrons. The number of ether oxygens (including phenoxy) is 2. The quantitative estimate of drug-likeness (QED) is 0.800. The first-order chi connectivity index (χ1) is 7.25. The predicted octanol–water partition coefficient (Wildman–Crippen LogP) is 1.89. The van der Waals surface area contributed by atoms with E-state index < -0.39 is 5.97 Å². The Kier molecular flexibility index (Phi) is 3.15. The van der Waals surface area contributed by atoms with Crippen LogP contribution >= 0.6 is 11.3 Å². The van der Waals surface area contributed by atoms with Gasteiger partial charge in [0.05, 0.1) is 18.1 Å². The molecule has 0 amide bonds. The molecule has 0 bridgehead atoms. The second kappa shape index (κ2) is 4.57. The molecule has 0 radical (unpaired) electrons. The van der Waals surface area contributed by atoms with Gasteiger partial charge in [0.15, 0.2) is 6.29 Å². The molecule has 4 nitrogen and oxygen atoms in total. The maximum Gasteiger partial charge on any atom is 0.328 e. The molecule has 1 saturated heterocycles. The molecule has 5 heteroatoms. The Morgan fingerprint density at radius 1 is 1.53 bits per heavy atom. The maximum atomic E-state index is 10.3. The summed E-state index contributed by atoms with van der Waals surface area (Å²) in [5.41, 5.74) is 0.858. The number of rotatable bonds is 3. The zero-order valence-electron chi connectivity index (χ0n) is 7.88. The van der Waals surface area contributed by atoms with Crippen molar-refractivity contribution in [2.45, 2.75) is 6.29 Å². The summed E-state index contributed by atoms with van der Waals surface area (Å²) >= 11 is 1.50. The summed E-state index contributed by atoms with van der Waals surface area (Å²) in [7, 11) is 0. The maximum absolute atomic E-state index is 10.3. The van der Waals surface area contributed by atoms with Crippen LogP contribution in [0.4, 0.5) is 0 Å². The van der Waals surface area contributed by atoms with Crippen LogP contribution in [0, 0.1) is 0 Å². The Hall–Kier alpha value is -1.17. The van der Waals surface area contributed by atoms with Crippen LogP contribution in [0.15, 0.2) is 17.5 Å². The van der Waals surface area contributed by atoms with Gasteiger partial charge in [-0.2, -0.15) is 0 Å². The Morgan fingerprint density at radius 3 is 2.93 bits per heavy atom.